The lowest BCUT2D eigenvalue weighted by Gasteiger charge is -2.28. The predicted octanol–water partition coefficient (Wildman–Crippen LogP) is 3.35. The Hall–Kier alpha value is -3.24. The maximum absolute atomic E-state index is 11.0. The van der Waals surface area contributed by atoms with Gasteiger partial charge in [-0.3, -0.25) is 14.2 Å². The second-order valence-corrected chi connectivity index (χ2v) is 8.44. The van der Waals surface area contributed by atoms with Crippen molar-refractivity contribution in [3.05, 3.63) is 112 Å². The molecular weight excluding hydrogens is 460 g/mol. The van der Waals surface area contributed by atoms with Gasteiger partial charge in [-0.25, -0.2) is 14.7 Å². The number of nitrogens with one attached hydrogen (secondary N) is 1. The zero-order chi connectivity index (χ0) is 23.2. The largest absolute Gasteiger partial charge is 0.760 e. The van der Waals surface area contributed by atoms with Gasteiger partial charge in [-0.2, -0.15) is 0 Å². The van der Waals surface area contributed by atoms with Crippen molar-refractivity contribution in [3.63, 3.8) is 0 Å². The van der Waals surface area contributed by atoms with Crippen molar-refractivity contribution in [2.45, 2.75) is 18.4 Å². The summed E-state index contributed by atoms with van der Waals surface area (Å²) in [4.78, 5) is 17.6. The normalized spacial score (nSPS) is 13.9. The van der Waals surface area contributed by atoms with Crippen LogP contribution in [0, 0.1) is 0 Å². The average molecular weight is 480 g/mol. The van der Waals surface area contributed by atoms with E-state index in [9.17, 15) is 8.76 Å². The summed E-state index contributed by atoms with van der Waals surface area (Å²) in [6.07, 6.45) is 5.12. The van der Waals surface area contributed by atoms with Crippen molar-refractivity contribution in [2.75, 3.05) is 5.73 Å². The summed E-state index contributed by atoms with van der Waals surface area (Å²) in [6.45, 7) is 0.0791. The van der Waals surface area contributed by atoms with Crippen LogP contribution in [-0.4, -0.2) is 28.7 Å². The first-order chi connectivity index (χ1) is 16.0. The molecule has 10 heteroatoms. The quantitative estimate of drug-likeness (QED) is 0.370. The van der Waals surface area contributed by atoms with E-state index in [1.165, 1.54) is 0 Å². The molecular formula is C23H20ClN6O2S-. The van der Waals surface area contributed by atoms with Gasteiger partial charge in [-0.1, -0.05) is 35.9 Å². The number of nitrogens with zero attached hydrogens (tertiary/aromatic N) is 4. The van der Waals surface area contributed by atoms with E-state index >= 15 is 0 Å². The first-order valence-corrected chi connectivity index (χ1v) is 11.5. The van der Waals surface area contributed by atoms with E-state index in [1.807, 2.05) is 54.6 Å². The van der Waals surface area contributed by atoms with Crippen molar-refractivity contribution in [2.24, 2.45) is 0 Å². The summed E-state index contributed by atoms with van der Waals surface area (Å²) in [5.41, 5.74) is 9.83. The van der Waals surface area contributed by atoms with Gasteiger partial charge in [0, 0.05) is 59.0 Å². The van der Waals surface area contributed by atoms with Gasteiger partial charge in [-0.15, -0.1) is 0 Å². The zero-order valence-corrected chi connectivity index (χ0v) is 18.9. The summed E-state index contributed by atoms with van der Waals surface area (Å²) in [6, 6.07) is 18.7. The van der Waals surface area contributed by atoms with Crippen molar-refractivity contribution in [1.82, 2.24) is 24.7 Å². The Morgan fingerprint density at radius 1 is 0.939 bits per heavy atom. The van der Waals surface area contributed by atoms with Crippen molar-refractivity contribution in [3.8, 4) is 0 Å². The summed E-state index contributed by atoms with van der Waals surface area (Å²) in [7, 11) is 0. The molecule has 3 heterocycles. The molecule has 4 aromatic rings. The topological polar surface area (TPSA) is 130 Å². The molecule has 0 aliphatic rings. The van der Waals surface area contributed by atoms with Crippen molar-refractivity contribution in [1.29, 1.82) is 0 Å². The Bertz CT molecular complexity index is 1240. The molecule has 3 aromatic heterocycles. The number of hydrogen-bond donors (Lipinski definition) is 2. The molecule has 0 spiro atoms. The second kappa shape index (κ2) is 10.6. The average Bonchev–Trinajstić information content (AvgIpc) is 2.82. The molecule has 0 saturated heterocycles. The summed E-state index contributed by atoms with van der Waals surface area (Å²) in [5.74, 6) is -0.423. The van der Waals surface area contributed by atoms with E-state index in [2.05, 4.69) is 19.7 Å². The number of hydrogen-bond acceptors (Lipinski definition) is 7. The van der Waals surface area contributed by atoms with Crippen LogP contribution in [0.4, 0.5) is 5.95 Å². The van der Waals surface area contributed by atoms with Crippen LogP contribution in [0.25, 0.3) is 0 Å². The minimum atomic E-state index is -2.39. The zero-order valence-electron chi connectivity index (χ0n) is 17.3. The van der Waals surface area contributed by atoms with Crippen LogP contribution in [0.3, 0.4) is 0 Å². The maximum Gasteiger partial charge on any atom is 0.220 e. The van der Waals surface area contributed by atoms with E-state index in [0.29, 0.717) is 16.4 Å². The minimum absolute atomic E-state index is 0.0791. The van der Waals surface area contributed by atoms with Crippen LogP contribution < -0.4 is 10.5 Å². The molecule has 0 bridgehead atoms. The number of nitrogens with two attached hydrogens (primary N) is 1. The van der Waals surface area contributed by atoms with Gasteiger partial charge < -0.3 is 10.3 Å². The first kappa shape index (κ1) is 22.9. The SMILES string of the molecule is Nc1nccc(C(c2ccc(Cl)cc2)C(c2cccnc2)c2cccc(CNS(=O)[O-])n2)n1. The van der Waals surface area contributed by atoms with Crippen LogP contribution in [0.2, 0.25) is 5.02 Å². The third kappa shape index (κ3) is 5.77. The molecule has 0 aliphatic heterocycles. The molecule has 168 valence electrons. The highest BCUT2D eigenvalue weighted by Gasteiger charge is 2.31. The fraction of sp³-hybridized carbons (Fsp3) is 0.130. The summed E-state index contributed by atoms with van der Waals surface area (Å²) >= 11 is 3.77. The lowest BCUT2D eigenvalue weighted by molar-refractivity contribution is 0.521. The minimum Gasteiger partial charge on any atom is -0.760 e. The van der Waals surface area contributed by atoms with E-state index in [-0.39, 0.29) is 24.3 Å². The molecule has 0 fully saturated rings. The van der Waals surface area contributed by atoms with Crippen LogP contribution >= 0.6 is 11.6 Å². The standard InChI is InChI=1S/C23H21ClN6O2S/c24-17-8-6-15(7-9-17)21(20-10-12-27-23(25)30-20)22(16-3-2-11-26-13-16)19-5-1-4-18(29-19)14-28-33(31)32/h1-13,21-22,28H,14H2,(H,31,32)(H2,25,27,30)/p-1. The molecule has 0 amide bonds. The molecule has 33 heavy (non-hydrogen) atoms. The molecule has 4 rings (SSSR count). The molecule has 3 unspecified atom stereocenters. The first-order valence-electron chi connectivity index (χ1n) is 10.0. The third-order valence-corrected chi connectivity index (χ3v) is 5.77. The predicted molar refractivity (Wildman–Crippen MR) is 126 cm³/mol. The summed E-state index contributed by atoms with van der Waals surface area (Å²) < 4.78 is 24.3. The fourth-order valence-corrected chi connectivity index (χ4v) is 4.15. The van der Waals surface area contributed by atoms with Gasteiger partial charge in [0.15, 0.2) is 0 Å². The molecule has 0 radical (unpaired) electrons. The Morgan fingerprint density at radius 2 is 1.70 bits per heavy atom. The molecule has 3 atom stereocenters. The number of anilines is 1. The van der Waals surface area contributed by atoms with Gasteiger partial charge in [0.05, 0.1) is 11.4 Å². The molecule has 1 aromatic carbocycles. The summed E-state index contributed by atoms with van der Waals surface area (Å²) in [5, 5.41) is 0.620. The van der Waals surface area contributed by atoms with E-state index in [1.54, 1.807) is 24.7 Å². The molecule has 8 nitrogen and oxygen atoms in total. The number of nitrogen functional groups attached to an aromatic ring is 1. The third-order valence-electron chi connectivity index (χ3n) is 5.14. The Kier molecular flexibility index (Phi) is 7.36. The van der Waals surface area contributed by atoms with Gasteiger partial charge in [0.2, 0.25) is 5.95 Å². The molecule has 0 saturated carbocycles. The Labute approximate surface area is 198 Å². The molecule has 3 N–H and O–H groups in total. The van der Waals surface area contributed by atoms with Crippen molar-refractivity contribution < 1.29 is 8.76 Å². The highest BCUT2D eigenvalue weighted by atomic mass is 35.5. The van der Waals surface area contributed by atoms with Crippen LogP contribution in [-0.2, 0) is 17.8 Å². The second-order valence-electron chi connectivity index (χ2n) is 7.24. The van der Waals surface area contributed by atoms with Crippen LogP contribution in [0.5, 0.6) is 0 Å². The smallest absolute Gasteiger partial charge is 0.220 e. The number of pyridine rings is 2. The fourth-order valence-electron chi connectivity index (χ4n) is 3.76. The number of aromatic nitrogens is 4. The maximum atomic E-state index is 11.0. The Morgan fingerprint density at radius 3 is 2.39 bits per heavy atom. The van der Waals surface area contributed by atoms with E-state index < -0.39 is 11.3 Å². The molecule has 0 aliphatic carbocycles. The number of halogens is 1. The van der Waals surface area contributed by atoms with Crippen LogP contribution in [0.15, 0.2) is 79.3 Å². The number of rotatable bonds is 8. The van der Waals surface area contributed by atoms with E-state index in [4.69, 9.17) is 22.3 Å². The van der Waals surface area contributed by atoms with Gasteiger partial charge in [0.1, 0.15) is 0 Å². The number of benzene rings is 1. The highest BCUT2D eigenvalue weighted by Crippen LogP contribution is 2.41. The Balaban J connectivity index is 1.89. The lowest BCUT2D eigenvalue weighted by atomic mass is 9.77. The van der Waals surface area contributed by atoms with Gasteiger partial charge in [0.25, 0.3) is 0 Å². The lowest BCUT2D eigenvalue weighted by Crippen LogP contribution is -2.20. The van der Waals surface area contributed by atoms with Gasteiger partial charge in [-0.05, 0) is 47.5 Å². The highest BCUT2D eigenvalue weighted by molar-refractivity contribution is 7.77. The van der Waals surface area contributed by atoms with Gasteiger partial charge >= 0.3 is 0 Å². The van der Waals surface area contributed by atoms with Crippen molar-refractivity contribution >= 4 is 28.8 Å². The monoisotopic (exact) mass is 479 g/mol. The van der Waals surface area contributed by atoms with E-state index in [0.717, 1.165) is 16.8 Å². The van der Waals surface area contributed by atoms with Crippen LogP contribution in [0.1, 0.15) is 40.0 Å².